The molecule has 3 nitrogen and oxygen atoms in total. The minimum Gasteiger partial charge on any atom is -0.299 e. The molecule has 0 aliphatic heterocycles. The maximum atomic E-state index is 6.08. The third-order valence-corrected chi connectivity index (χ3v) is 6.09. The monoisotopic (exact) mass is 391 g/mol. The number of rotatable bonds is 7. The second-order valence-electron chi connectivity index (χ2n) is 6.24. The molecule has 25 heavy (non-hydrogen) atoms. The lowest BCUT2D eigenvalue weighted by Gasteiger charge is -2.13. The van der Waals surface area contributed by atoms with Crippen molar-refractivity contribution in [2.24, 2.45) is 0 Å². The molecule has 0 atom stereocenters. The fraction of sp³-hybridized carbons (Fsp3) is 0.368. The van der Waals surface area contributed by atoms with Crippen LogP contribution in [0.25, 0.3) is 11.4 Å². The molecule has 132 valence electrons. The van der Waals surface area contributed by atoms with Crippen LogP contribution in [0, 0.1) is 0 Å². The predicted octanol–water partition coefficient (Wildman–Crippen LogP) is 6.49. The molecule has 0 fully saturated rings. The van der Waals surface area contributed by atoms with Crippen molar-refractivity contribution < 1.29 is 0 Å². The Kier molecular flexibility index (Phi) is 6.20. The van der Waals surface area contributed by atoms with Crippen molar-refractivity contribution in [1.29, 1.82) is 0 Å². The molecule has 0 aliphatic carbocycles. The molecule has 2 heterocycles. The minimum atomic E-state index is 0.307. The molecule has 0 bridgehead atoms. The summed E-state index contributed by atoms with van der Waals surface area (Å²) in [6.07, 6.45) is 2.29. The summed E-state index contributed by atoms with van der Waals surface area (Å²) in [4.78, 5) is 1.41. The van der Waals surface area contributed by atoms with Gasteiger partial charge in [-0.3, -0.25) is 4.57 Å². The summed E-state index contributed by atoms with van der Waals surface area (Å²) in [6.45, 7) is 6.56. The zero-order valence-electron chi connectivity index (χ0n) is 14.7. The van der Waals surface area contributed by atoms with Crippen LogP contribution in [0.3, 0.4) is 0 Å². The van der Waals surface area contributed by atoms with Crippen molar-refractivity contribution in [1.82, 2.24) is 14.8 Å². The fourth-order valence-corrected chi connectivity index (χ4v) is 4.88. The lowest BCUT2D eigenvalue weighted by molar-refractivity contribution is 0.555. The first kappa shape index (κ1) is 18.5. The second-order valence-corrected chi connectivity index (χ2v) is 8.61. The largest absolute Gasteiger partial charge is 0.299 e. The molecule has 0 amide bonds. The van der Waals surface area contributed by atoms with Crippen molar-refractivity contribution in [3.63, 3.8) is 0 Å². The number of aromatic nitrogens is 3. The number of hydrogen-bond donors (Lipinski definition) is 0. The van der Waals surface area contributed by atoms with Crippen LogP contribution >= 0.6 is 34.7 Å². The number of halogens is 1. The van der Waals surface area contributed by atoms with Crippen LogP contribution in [0.2, 0.25) is 5.02 Å². The summed E-state index contributed by atoms with van der Waals surface area (Å²) < 4.78 is 2.23. The van der Waals surface area contributed by atoms with Gasteiger partial charge < -0.3 is 0 Å². The van der Waals surface area contributed by atoms with Crippen molar-refractivity contribution in [3.05, 3.63) is 51.2 Å². The first-order chi connectivity index (χ1) is 12.1. The Balaban J connectivity index is 1.84. The Morgan fingerprint density at radius 2 is 2.08 bits per heavy atom. The van der Waals surface area contributed by atoms with E-state index in [-0.39, 0.29) is 0 Å². The highest BCUT2D eigenvalue weighted by molar-refractivity contribution is 7.98. The number of nitrogens with zero attached hydrogens (tertiary/aromatic N) is 3. The average molecular weight is 392 g/mol. The van der Waals surface area contributed by atoms with Gasteiger partial charge in [-0.1, -0.05) is 48.8 Å². The van der Waals surface area contributed by atoms with Gasteiger partial charge in [0, 0.05) is 32.6 Å². The first-order valence-corrected chi connectivity index (χ1v) is 10.7. The Morgan fingerprint density at radius 1 is 1.24 bits per heavy atom. The molecule has 0 aliphatic rings. The van der Waals surface area contributed by atoms with Crippen molar-refractivity contribution in [3.8, 4) is 11.4 Å². The van der Waals surface area contributed by atoms with E-state index in [1.807, 2.05) is 29.5 Å². The van der Waals surface area contributed by atoms with Crippen LogP contribution in [0.5, 0.6) is 0 Å². The van der Waals surface area contributed by atoms with E-state index in [2.05, 4.69) is 53.0 Å². The van der Waals surface area contributed by atoms with E-state index in [1.165, 1.54) is 16.0 Å². The van der Waals surface area contributed by atoms with Gasteiger partial charge >= 0.3 is 0 Å². The van der Waals surface area contributed by atoms with Gasteiger partial charge in [-0.05, 0) is 44.0 Å². The molecule has 2 aromatic heterocycles. The summed E-state index contributed by atoms with van der Waals surface area (Å²) in [5, 5.41) is 12.9. The quantitative estimate of drug-likeness (QED) is 0.431. The molecule has 3 aromatic rings. The Hall–Kier alpha value is -1.30. The van der Waals surface area contributed by atoms with Crippen LogP contribution in [0.4, 0.5) is 0 Å². The van der Waals surface area contributed by atoms with Crippen molar-refractivity contribution in [2.75, 3.05) is 0 Å². The number of thiophene rings is 1. The summed E-state index contributed by atoms with van der Waals surface area (Å²) >= 11 is 9.59. The number of hydrogen-bond acceptors (Lipinski definition) is 4. The van der Waals surface area contributed by atoms with Crippen molar-refractivity contribution >= 4 is 34.7 Å². The number of aryl methyl sites for hydroxylation is 1. The van der Waals surface area contributed by atoms with Gasteiger partial charge in [-0.15, -0.1) is 21.5 Å². The summed E-state index contributed by atoms with van der Waals surface area (Å²) in [5.74, 6) is 1.79. The highest BCUT2D eigenvalue weighted by Crippen LogP contribution is 2.32. The molecule has 0 spiro atoms. The van der Waals surface area contributed by atoms with E-state index in [4.69, 9.17) is 11.6 Å². The van der Waals surface area contributed by atoms with Gasteiger partial charge in [0.25, 0.3) is 0 Å². The highest BCUT2D eigenvalue weighted by atomic mass is 35.5. The van der Waals surface area contributed by atoms with Crippen LogP contribution in [-0.2, 0) is 12.2 Å². The Bertz CT molecular complexity index is 839. The van der Waals surface area contributed by atoms with Gasteiger partial charge in [0.05, 0.1) is 0 Å². The lowest BCUT2D eigenvalue weighted by Crippen LogP contribution is -2.04. The smallest absolute Gasteiger partial charge is 0.192 e. The molecule has 0 N–H and O–H groups in total. The van der Waals surface area contributed by atoms with E-state index in [1.54, 1.807) is 11.8 Å². The SMILES string of the molecule is CCCc1cc(-c2nnc(SCc3cccc(Cl)c3)n2C(C)C)cs1. The predicted molar refractivity (Wildman–Crippen MR) is 109 cm³/mol. The Labute approximate surface area is 162 Å². The highest BCUT2D eigenvalue weighted by Gasteiger charge is 2.18. The standard InChI is InChI=1S/C19H22ClN3S2/c1-4-6-17-10-15(12-24-17)18-21-22-19(23(18)13(2)3)25-11-14-7-5-8-16(20)9-14/h5,7-10,12-13H,4,6,11H2,1-3H3. The van der Waals surface area contributed by atoms with Gasteiger partial charge in [0.2, 0.25) is 0 Å². The van der Waals surface area contributed by atoms with Gasteiger partial charge in [0.1, 0.15) is 0 Å². The fourth-order valence-electron chi connectivity index (χ4n) is 2.69. The third kappa shape index (κ3) is 4.46. The normalized spacial score (nSPS) is 11.4. The Morgan fingerprint density at radius 3 is 2.80 bits per heavy atom. The van der Waals surface area contributed by atoms with Gasteiger partial charge in [-0.25, -0.2) is 0 Å². The summed E-state index contributed by atoms with van der Waals surface area (Å²) in [7, 11) is 0. The van der Waals surface area contributed by atoms with E-state index >= 15 is 0 Å². The maximum absolute atomic E-state index is 6.08. The summed E-state index contributed by atoms with van der Waals surface area (Å²) in [5.41, 5.74) is 2.36. The lowest BCUT2D eigenvalue weighted by atomic mass is 10.2. The maximum Gasteiger partial charge on any atom is 0.192 e. The second kappa shape index (κ2) is 8.39. The third-order valence-electron chi connectivity index (χ3n) is 3.85. The molecular formula is C19H22ClN3S2. The number of thioether (sulfide) groups is 1. The van der Waals surface area contributed by atoms with E-state index in [0.717, 1.165) is 34.6 Å². The zero-order valence-corrected chi connectivity index (χ0v) is 17.1. The topological polar surface area (TPSA) is 30.7 Å². The van der Waals surface area contributed by atoms with E-state index in [0.29, 0.717) is 6.04 Å². The molecular weight excluding hydrogens is 370 g/mol. The van der Waals surface area contributed by atoms with E-state index < -0.39 is 0 Å². The minimum absolute atomic E-state index is 0.307. The molecule has 3 rings (SSSR count). The first-order valence-electron chi connectivity index (χ1n) is 8.48. The van der Waals surface area contributed by atoms with Crippen LogP contribution in [0.15, 0.2) is 40.9 Å². The van der Waals surface area contributed by atoms with Crippen LogP contribution < -0.4 is 0 Å². The zero-order chi connectivity index (χ0) is 17.8. The van der Waals surface area contributed by atoms with Gasteiger partial charge in [-0.2, -0.15) is 0 Å². The average Bonchev–Trinajstić information content (AvgIpc) is 3.19. The number of benzene rings is 1. The van der Waals surface area contributed by atoms with Crippen LogP contribution in [-0.4, -0.2) is 14.8 Å². The van der Waals surface area contributed by atoms with E-state index in [9.17, 15) is 0 Å². The molecule has 1 aromatic carbocycles. The molecule has 0 saturated carbocycles. The molecule has 0 saturated heterocycles. The van der Waals surface area contributed by atoms with Gasteiger partial charge in [0.15, 0.2) is 11.0 Å². The molecule has 0 unspecified atom stereocenters. The summed E-state index contributed by atoms with van der Waals surface area (Å²) in [6, 6.07) is 10.5. The molecule has 0 radical (unpaired) electrons. The molecule has 6 heteroatoms. The van der Waals surface area contributed by atoms with Crippen molar-refractivity contribution in [2.45, 2.75) is 50.6 Å². The van der Waals surface area contributed by atoms with Crippen LogP contribution in [0.1, 0.15) is 43.7 Å².